The van der Waals surface area contributed by atoms with Crippen LogP contribution in [0.3, 0.4) is 0 Å². The zero-order valence-electron chi connectivity index (χ0n) is 23.0. The minimum atomic E-state index is -0.937. The Labute approximate surface area is 221 Å². The van der Waals surface area contributed by atoms with E-state index in [4.69, 9.17) is 11.2 Å². The van der Waals surface area contributed by atoms with Crippen LogP contribution in [-0.4, -0.2) is 41.0 Å². The van der Waals surface area contributed by atoms with Crippen molar-refractivity contribution in [2.45, 2.75) is 79.0 Å². The smallest absolute Gasteiger partial charge is 0.408 e. The maximum atomic E-state index is 13.9. The molecule has 3 amide bonds. The monoisotopic (exact) mass is 505 g/mol. The fourth-order valence-electron chi connectivity index (χ4n) is 3.93. The Morgan fingerprint density at radius 1 is 1.05 bits per heavy atom. The van der Waals surface area contributed by atoms with Crippen molar-refractivity contribution >= 4 is 23.6 Å². The van der Waals surface area contributed by atoms with E-state index < -0.39 is 23.8 Å². The fourth-order valence-corrected chi connectivity index (χ4v) is 3.93. The van der Waals surface area contributed by atoms with Crippen molar-refractivity contribution in [3.8, 4) is 12.3 Å². The number of nitrogens with zero attached hydrogens (tertiary/aromatic N) is 1. The molecule has 7 nitrogen and oxygen atoms in total. The van der Waals surface area contributed by atoms with E-state index in [1.165, 1.54) is 4.90 Å². The Hall–Kier alpha value is -3.79. The van der Waals surface area contributed by atoms with Gasteiger partial charge in [0, 0.05) is 17.8 Å². The van der Waals surface area contributed by atoms with Crippen molar-refractivity contribution < 1.29 is 19.1 Å². The van der Waals surface area contributed by atoms with Gasteiger partial charge < -0.3 is 20.3 Å². The number of carbonyl (C=O) groups is 3. The highest BCUT2D eigenvalue weighted by Crippen LogP contribution is 2.27. The quantitative estimate of drug-likeness (QED) is 0.440. The standard InChI is InChI=1S/C30H39N3O4/c1-9-11-19-33(28(35)22(5)31-29(36)37-30(6,7)8)26(24-17-15-23(10-2)16-18-24)27(34)32-25-20(3)13-12-14-21(25)4/h2,12-18,22,26H,9,11,19H2,1,3-8H3,(H,31,36)(H,32,34). The minimum Gasteiger partial charge on any atom is -0.444 e. The largest absolute Gasteiger partial charge is 0.444 e. The lowest BCUT2D eigenvalue weighted by molar-refractivity contribution is -0.140. The summed E-state index contributed by atoms with van der Waals surface area (Å²) >= 11 is 0. The van der Waals surface area contributed by atoms with Gasteiger partial charge in [-0.2, -0.15) is 0 Å². The zero-order valence-corrected chi connectivity index (χ0v) is 23.0. The summed E-state index contributed by atoms with van der Waals surface area (Å²) in [6.07, 6.45) is 6.33. The average molecular weight is 506 g/mol. The highest BCUT2D eigenvalue weighted by molar-refractivity contribution is 5.99. The van der Waals surface area contributed by atoms with E-state index in [1.807, 2.05) is 39.0 Å². The topological polar surface area (TPSA) is 87.7 Å². The second-order valence-corrected chi connectivity index (χ2v) is 10.2. The van der Waals surface area contributed by atoms with Gasteiger partial charge in [-0.15, -0.1) is 6.42 Å². The lowest BCUT2D eigenvalue weighted by Crippen LogP contribution is -2.51. The van der Waals surface area contributed by atoms with Crippen molar-refractivity contribution in [2.75, 3.05) is 11.9 Å². The van der Waals surface area contributed by atoms with E-state index in [-0.39, 0.29) is 11.8 Å². The molecule has 2 unspecified atom stereocenters. The van der Waals surface area contributed by atoms with Gasteiger partial charge in [0.1, 0.15) is 17.7 Å². The molecular formula is C30H39N3O4. The SMILES string of the molecule is C#Cc1ccc(C(C(=O)Nc2c(C)cccc2C)N(CCCC)C(=O)C(C)NC(=O)OC(C)(C)C)cc1. The van der Waals surface area contributed by atoms with Crippen LogP contribution in [0.25, 0.3) is 0 Å². The van der Waals surface area contributed by atoms with Crippen LogP contribution in [0, 0.1) is 26.2 Å². The van der Waals surface area contributed by atoms with E-state index in [1.54, 1.807) is 52.0 Å². The third kappa shape index (κ3) is 8.38. The van der Waals surface area contributed by atoms with Crippen LogP contribution >= 0.6 is 0 Å². The number of amides is 3. The van der Waals surface area contributed by atoms with Crippen molar-refractivity contribution in [1.29, 1.82) is 0 Å². The molecule has 2 rings (SSSR count). The van der Waals surface area contributed by atoms with Crippen LogP contribution in [0.2, 0.25) is 0 Å². The number of ether oxygens (including phenoxy) is 1. The van der Waals surface area contributed by atoms with E-state index in [0.29, 0.717) is 29.8 Å². The minimum absolute atomic E-state index is 0.331. The van der Waals surface area contributed by atoms with E-state index in [0.717, 1.165) is 17.5 Å². The van der Waals surface area contributed by atoms with Crippen LogP contribution < -0.4 is 10.6 Å². The molecule has 0 aromatic heterocycles. The molecule has 0 heterocycles. The first kappa shape index (κ1) is 29.4. The van der Waals surface area contributed by atoms with Gasteiger partial charge in [-0.1, -0.05) is 49.6 Å². The van der Waals surface area contributed by atoms with Crippen LogP contribution in [0.4, 0.5) is 10.5 Å². The van der Waals surface area contributed by atoms with Gasteiger partial charge in [0.2, 0.25) is 5.91 Å². The molecule has 37 heavy (non-hydrogen) atoms. The van der Waals surface area contributed by atoms with E-state index in [9.17, 15) is 14.4 Å². The first-order valence-electron chi connectivity index (χ1n) is 12.6. The van der Waals surface area contributed by atoms with Crippen molar-refractivity contribution in [3.05, 3.63) is 64.7 Å². The number of aryl methyl sites for hydroxylation is 2. The molecule has 2 aromatic carbocycles. The molecule has 0 saturated heterocycles. The first-order valence-corrected chi connectivity index (χ1v) is 12.6. The van der Waals surface area contributed by atoms with Gasteiger partial charge in [-0.05, 0) is 76.8 Å². The number of anilines is 1. The molecule has 0 fully saturated rings. The van der Waals surface area contributed by atoms with Crippen molar-refractivity contribution in [3.63, 3.8) is 0 Å². The molecule has 2 N–H and O–H groups in total. The summed E-state index contributed by atoms with van der Waals surface area (Å²) in [4.78, 5) is 41.5. The number of hydrogen-bond acceptors (Lipinski definition) is 4. The Bertz CT molecular complexity index is 1120. The van der Waals surface area contributed by atoms with E-state index in [2.05, 4.69) is 16.6 Å². The molecule has 0 radical (unpaired) electrons. The third-order valence-corrected chi connectivity index (χ3v) is 5.82. The summed E-state index contributed by atoms with van der Waals surface area (Å²) < 4.78 is 5.32. The Morgan fingerprint density at radius 3 is 2.16 bits per heavy atom. The van der Waals surface area contributed by atoms with E-state index >= 15 is 0 Å². The molecule has 7 heteroatoms. The predicted molar refractivity (Wildman–Crippen MR) is 147 cm³/mol. The highest BCUT2D eigenvalue weighted by atomic mass is 16.6. The second-order valence-electron chi connectivity index (χ2n) is 10.2. The molecule has 198 valence electrons. The zero-order chi connectivity index (χ0) is 27.8. The molecule has 0 spiro atoms. The molecular weight excluding hydrogens is 466 g/mol. The number of nitrogens with one attached hydrogen (secondary N) is 2. The number of terminal acetylenes is 1. The van der Waals surface area contributed by atoms with Gasteiger partial charge in [0.15, 0.2) is 0 Å². The molecule has 0 bridgehead atoms. The normalized spacial score (nSPS) is 12.6. The molecule has 2 aromatic rings. The maximum absolute atomic E-state index is 13.9. The average Bonchev–Trinajstić information content (AvgIpc) is 2.82. The first-order chi connectivity index (χ1) is 17.4. The van der Waals surface area contributed by atoms with Gasteiger partial charge in [-0.3, -0.25) is 9.59 Å². The van der Waals surface area contributed by atoms with Crippen LogP contribution in [-0.2, 0) is 14.3 Å². The van der Waals surface area contributed by atoms with Gasteiger partial charge >= 0.3 is 6.09 Å². The van der Waals surface area contributed by atoms with Gasteiger partial charge in [0.25, 0.3) is 5.91 Å². The molecule has 0 aliphatic rings. The Balaban J connectivity index is 2.48. The number of carbonyl (C=O) groups excluding carboxylic acids is 3. The highest BCUT2D eigenvalue weighted by Gasteiger charge is 2.34. The van der Waals surface area contributed by atoms with Gasteiger partial charge in [0.05, 0.1) is 0 Å². The fraction of sp³-hybridized carbons (Fsp3) is 0.433. The number of hydrogen-bond donors (Lipinski definition) is 2. The Morgan fingerprint density at radius 2 is 1.65 bits per heavy atom. The number of rotatable bonds is 9. The Kier molecular flexibility index (Phi) is 10.3. The maximum Gasteiger partial charge on any atom is 0.408 e. The van der Waals surface area contributed by atoms with Crippen LogP contribution in [0.15, 0.2) is 42.5 Å². The summed E-state index contributed by atoms with van der Waals surface area (Å²) in [7, 11) is 0. The molecule has 0 aliphatic carbocycles. The number of para-hydroxylation sites is 1. The number of alkyl carbamates (subject to hydrolysis) is 1. The van der Waals surface area contributed by atoms with Gasteiger partial charge in [-0.25, -0.2) is 4.79 Å². The third-order valence-electron chi connectivity index (χ3n) is 5.82. The summed E-state index contributed by atoms with van der Waals surface area (Å²) in [6.45, 7) is 13.0. The molecule has 0 saturated carbocycles. The van der Waals surface area contributed by atoms with Crippen LogP contribution in [0.1, 0.15) is 75.8 Å². The lowest BCUT2D eigenvalue weighted by Gasteiger charge is -2.34. The van der Waals surface area contributed by atoms with Crippen molar-refractivity contribution in [2.24, 2.45) is 0 Å². The number of benzene rings is 2. The molecule has 2 atom stereocenters. The lowest BCUT2D eigenvalue weighted by atomic mass is 10.00. The van der Waals surface area contributed by atoms with Crippen LogP contribution in [0.5, 0.6) is 0 Å². The summed E-state index contributed by atoms with van der Waals surface area (Å²) in [5, 5.41) is 5.66. The summed E-state index contributed by atoms with van der Waals surface area (Å²) in [5.74, 6) is 1.84. The van der Waals surface area contributed by atoms with Crippen molar-refractivity contribution in [1.82, 2.24) is 10.2 Å². The predicted octanol–water partition coefficient (Wildman–Crippen LogP) is 5.51. The summed E-state index contributed by atoms with van der Waals surface area (Å²) in [5.41, 5.74) is 3.13. The molecule has 0 aliphatic heterocycles. The number of unbranched alkanes of at least 4 members (excludes halogenated alkanes) is 1. The summed E-state index contributed by atoms with van der Waals surface area (Å²) in [6, 6.07) is 11.0. The second kappa shape index (κ2) is 13.0.